The minimum atomic E-state index is -0.982. The largest absolute Gasteiger partial charge is 0.353 e. The normalized spacial score (nSPS) is 17.8. The number of benzene rings is 1. The van der Waals surface area contributed by atoms with Gasteiger partial charge >= 0.3 is 5.69 Å². The molecule has 1 N–H and O–H groups in total. The highest BCUT2D eigenvalue weighted by molar-refractivity contribution is 5.99. The van der Waals surface area contributed by atoms with Crippen LogP contribution < -0.4 is 5.32 Å². The first-order valence-corrected chi connectivity index (χ1v) is 7.75. The van der Waals surface area contributed by atoms with Gasteiger partial charge < -0.3 is 10.2 Å². The van der Waals surface area contributed by atoms with E-state index in [1.807, 2.05) is 13.8 Å². The Hall–Kier alpha value is -2.51. The molecule has 0 bridgehead atoms. The second-order valence-corrected chi connectivity index (χ2v) is 6.31. The molecule has 1 fully saturated rings. The summed E-state index contributed by atoms with van der Waals surface area (Å²) in [7, 11) is 0. The standard InChI is InChI=1S/C16H20FN3O4/c1-9(2)6-14-15(21)18-4-5-19(14)16(22)11-8-13(20(23)24)12(17)7-10(11)3/h7-9,14H,4-6H2,1-3H3,(H,18,21). The third kappa shape index (κ3) is 3.52. The van der Waals surface area contributed by atoms with Crippen molar-refractivity contribution >= 4 is 17.5 Å². The SMILES string of the molecule is Cc1cc(F)c([N+](=O)[O-])cc1C(=O)N1CCNC(=O)C1CC(C)C. The minimum absolute atomic E-state index is 0.0477. The Bertz CT molecular complexity index is 690. The fourth-order valence-electron chi connectivity index (χ4n) is 2.82. The van der Waals surface area contributed by atoms with Crippen molar-refractivity contribution in [1.82, 2.24) is 10.2 Å². The van der Waals surface area contributed by atoms with Crippen molar-refractivity contribution in [3.8, 4) is 0 Å². The number of hydrogen-bond donors (Lipinski definition) is 1. The minimum Gasteiger partial charge on any atom is -0.353 e. The lowest BCUT2D eigenvalue weighted by molar-refractivity contribution is -0.387. The summed E-state index contributed by atoms with van der Waals surface area (Å²) in [6, 6.07) is 1.30. The molecule has 0 aromatic heterocycles. The van der Waals surface area contributed by atoms with Gasteiger partial charge in [0.25, 0.3) is 5.91 Å². The molecule has 1 aromatic carbocycles. The van der Waals surface area contributed by atoms with Crippen LogP contribution in [0, 0.1) is 28.8 Å². The molecule has 0 spiro atoms. The molecule has 1 atom stereocenters. The second-order valence-electron chi connectivity index (χ2n) is 6.31. The number of hydrogen-bond acceptors (Lipinski definition) is 4. The van der Waals surface area contributed by atoms with E-state index in [0.29, 0.717) is 25.1 Å². The van der Waals surface area contributed by atoms with Gasteiger partial charge in [0.1, 0.15) is 6.04 Å². The Kier molecular flexibility index (Phi) is 5.16. The first kappa shape index (κ1) is 17.8. The van der Waals surface area contributed by atoms with Crippen LogP contribution in [0.25, 0.3) is 0 Å². The van der Waals surface area contributed by atoms with E-state index in [0.717, 1.165) is 12.1 Å². The fourth-order valence-corrected chi connectivity index (χ4v) is 2.82. The molecule has 1 unspecified atom stereocenters. The van der Waals surface area contributed by atoms with Crippen molar-refractivity contribution in [3.63, 3.8) is 0 Å². The molecule has 1 aromatic rings. The average molecular weight is 337 g/mol. The maximum atomic E-state index is 13.7. The van der Waals surface area contributed by atoms with Gasteiger partial charge in [-0.15, -0.1) is 0 Å². The number of carbonyl (C=O) groups is 2. The van der Waals surface area contributed by atoms with Crippen molar-refractivity contribution < 1.29 is 18.9 Å². The quantitative estimate of drug-likeness (QED) is 0.672. The van der Waals surface area contributed by atoms with Crippen molar-refractivity contribution in [1.29, 1.82) is 0 Å². The van der Waals surface area contributed by atoms with Gasteiger partial charge in [-0.1, -0.05) is 13.8 Å². The first-order chi connectivity index (χ1) is 11.2. The number of rotatable bonds is 4. The molecule has 0 radical (unpaired) electrons. The third-order valence-electron chi connectivity index (χ3n) is 4.01. The molecule has 130 valence electrons. The Labute approximate surface area is 139 Å². The van der Waals surface area contributed by atoms with Gasteiger partial charge in [0.2, 0.25) is 11.7 Å². The first-order valence-electron chi connectivity index (χ1n) is 7.75. The number of aryl methyl sites for hydroxylation is 1. The molecule has 1 aliphatic rings. The van der Waals surface area contributed by atoms with Gasteiger partial charge in [-0.25, -0.2) is 0 Å². The Morgan fingerprint density at radius 2 is 2.17 bits per heavy atom. The van der Waals surface area contributed by atoms with Gasteiger partial charge in [-0.3, -0.25) is 19.7 Å². The highest BCUT2D eigenvalue weighted by atomic mass is 19.1. The van der Waals surface area contributed by atoms with Crippen LogP contribution in [-0.2, 0) is 4.79 Å². The molecule has 0 aliphatic carbocycles. The molecular weight excluding hydrogens is 317 g/mol. The summed E-state index contributed by atoms with van der Waals surface area (Å²) in [5.41, 5.74) is -0.394. The summed E-state index contributed by atoms with van der Waals surface area (Å²) >= 11 is 0. The highest BCUT2D eigenvalue weighted by Crippen LogP contribution is 2.25. The lowest BCUT2D eigenvalue weighted by Gasteiger charge is -2.36. The predicted molar refractivity (Wildman–Crippen MR) is 85.1 cm³/mol. The number of nitro benzene ring substituents is 1. The molecule has 0 saturated carbocycles. The topological polar surface area (TPSA) is 92.6 Å². The highest BCUT2D eigenvalue weighted by Gasteiger charge is 2.35. The van der Waals surface area contributed by atoms with Crippen LogP contribution in [0.5, 0.6) is 0 Å². The molecule has 24 heavy (non-hydrogen) atoms. The van der Waals surface area contributed by atoms with Gasteiger partial charge in [-0.05, 0) is 30.9 Å². The molecule has 2 rings (SSSR count). The van der Waals surface area contributed by atoms with Crippen LogP contribution in [0.1, 0.15) is 36.2 Å². The number of carbonyl (C=O) groups excluding carboxylic acids is 2. The van der Waals surface area contributed by atoms with Crippen molar-refractivity contribution in [2.24, 2.45) is 5.92 Å². The molecule has 7 nitrogen and oxygen atoms in total. The smallest absolute Gasteiger partial charge is 0.305 e. The van der Waals surface area contributed by atoms with E-state index in [4.69, 9.17) is 0 Å². The third-order valence-corrected chi connectivity index (χ3v) is 4.01. The van der Waals surface area contributed by atoms with E-state index in [1.54, 1.807) is 0 Å². The number of halogens is 1. The fraction of sp³-hybridized carbons (Fsp3) is 0.500. The van der Waals surface area contributed by atoms with E-state index in [2.05, 4.69) is 5.32 Å². The van der Waals surface area contributed by atoms with Crippen LogP contribution in [0.4, 0.5) is 10.1 Å². The van der Waals surface area contributed by atoms with Gasteiger partial charge in [0, 0.05) is 24.7 Å². The zero-order valence-corrected chi connectivity index (χ0v) is 13.8. The molecular formula is C16H20FN3O4. The van der Waals surface area contributed by atoms with Crippen molar-refractivity contribution in [3.05, 3.63) is 39.2 Å². The summed E-state index contributed by atoms with van der Waals surface area (Å²) in [6.45, 7) is 6.03. The lowest BCUT2D eigenvalue weighted by atomic mass is 9.98. The molecule has 2 amide bonds. The van der Waals surface area contributed by atoms with Crippen LogP contribution in [-0.4, -0.2) is 40.8 Å². The molecule has 1 saturated heterocycles. The average Bonchev–Trinajstić information content (AvgIpc) is 2.48. The van der Waals surface area contributed by atoms with Crippen LogP contribution in [0.2, 0.25) is 0 Å². The van der Waals surface area contributed by atoms with Crippen LogP contribution in [0.3, 0.4) is 0 Å². The zero-order chi connectivity index (χ0) is 18.0. The predicted octanol–water partition coefficient (Wildman–Crippen LogP) is 2.03. The van der Waals surface area contributed by atoms with Gasteiger partial charge in [0.05, 0.1) is 4.92 Å². The van der Waals surface area contributed by atoms with E-state index in [-0.39, 0.29) is 17.4 Å². The van der Waals surface area contributed by atoms with Crippen LogP contribution in [0.15, 0.2) is 12.1 Å². The molecule has 1 heterocycles. The van der Waals surface area contributed by atoms with Crippen LogP contribution >= 0.6 is 0 Å². The summed E-state index contributed by atoms with van der Waals surface area (Å²) in [4.78, 5) is 36.4. The zero-order valence-electron chi connectivity index (χ0n) is 13.8. The van der Waals surface area contributed by atoms with Gasteiger partial charge in [0.15, 0.2) is 0 Å². The number of piperazine rings is 1. The van der Waals surface area contributed by atoms with E-state index < -0.39 is 28.4 Å². The monoisotopic (exact) mass is 337 g/mol. The Morgan fingerprint density at radius 3 is 2.75 bits per heavy atom. The Morgan fingerprint density at radius 1 is 1.50 bits per heavy atom. The summed E-state index contributed by atoms with van der Waals surface area (Å²) in [5, 5.41) is 13.6. The number of amides is 2. The molecule has 8 heteroatoms. The van der Waals surface area contributed by atoms with Gasteiger partial charge in [-0.2, -0.15) is 4.39 Å². The summed E-state index contributed by atoms with van der Waals surface area (Å²) in [5.74, 6) is -1.52. The van der Waals surface area contributed by atoms with Crippen molar-refractivity contribution in [2.75, 3.05) is 13.1 Å². The lowest BCUT2D eigenvalue weighted by Crippen LogP contribution is -2.57. The summed E-state index contributed by atoms with van der Waals surface area (Å²) in [6.07, 6.45) is 0.486. The van der Waals surface area contributed by atoms with E-state index in [1.165, 1.54) is 11.8 Å². The number of nitro groups is 1. The number of nitrogens with zero attached hydrogens (tertiary/aromatic N) is 2. The maximum absolute atomic E-state index is 13.7. The van der Waals surface area contributed by atoms with Crippen molar-refractivity contribution in [2.45, 2.75) is 33.2 Å². The van der Waals surface area contributed by atoms with E-state index in [9.17, 15) is 24.1 Å². The maximum Gasteiger partial charge on any atom is 0.305 e. The number of nitrogens with one attached hydrogen (secondary N) is 1. The molecule has 1 aliphatic heterocycles. The second kappa shape index (κ2) is 6.94. The Balaban J connectivity index is 2.40. The van der Waals surface area contributed by atoms with E-state index >= 15 is 0 Å². The summed E-state index contributed by atoms with van der Waals surface area (Å²) < 4.78 is 13.7.